The minimum atomic E-state index is -0.186. The van der Waals surface area contributed by atoms with Gasteiger partial charge in [0.1, 0.15) is 11.5 Å². The molecule has 1 unspecified atom stereocenters. The van der Waals surface area contributed by atoms with Gasteiger partial charge in [0.25, 0.3) is 0 Å². The van der Waals surface area contributed by atoms with Crippen molar-refractivity contribution in [2.24, 2.45) is 0 Å². The van der Waals surface area contributed by atoms with Crippen LogP contribution in [0.5, 0.6) is 11.5 Å². The van der Waals surface area contributed by atoms with E-state index in [9.17, 15) is 10.2 Å². The molecule has 2 aliphatic carbocycles. The van der Waals surface area contributed by atoms with Crippen molar-refractivity contribution in [2.45, 2.75) is 63.7 Å². The van der Waals surface area contributed by atoms with Crippen molar-refractivity contribution >= 4 is 5.69 Å². The van der Waals surface area contributed by atoms with Crippen molar-refractivity contribution in [3.63, 3.8) is 0 Å². The van der Waals surface area contributed by atoms with Crippen molar-refractivity contribution < 1.29 is 10.2 Å². The first-order valence-electron chi connectivity index (χ1n) is 8.96. The van der Waals surface area contributed by atoms with Gasteiger partial charge in [-0.3, -0.25) is 0 Å². The molecule has 25 heavy (non-hydrogen) atoms. The molecule has 2 aliphatic rings. The number of aryl methyl sites for hydroxylation is 1. The highest BCUT2D eigenvalue weighted by molar-refractivity contribution is 5.67. The smallest absolute Gasteiger partial charge is 0.138 e. The molecule has 0 saturated carbocycles. The van der Waals surface area contributed by atoms with E-state index in [1.54, 1.807) is 0 Å². The van der Waals surface area contributed by atoms with Crippen LogP contribution < -0.4 is 5.73 Å². The summed E-state index contributed by atoms with van der Waals surface area (Å²) in [5.41, 5.74) is 12.1. The molecule has 132 valence electrons. The second-order valence-electron chi connectivity index (χ2n) is 9.34. The van der Waals surface area contributed by atoms with E-state index in [0.717, 1.165) is 18.4 Å². The van der Waals surface area contributed by atoms with E-state index >= 15 is 0 Å². The largest absolute Gasteiger partial charge is 0.508 e. The normalized spacial score (nSPS) is 25.2. The van der Waals surface area contributed by atoms with E-state index in [1.807, 2.05) is 25.1 Å². The first kappa shape index (κ1) is 16.3. The Balaban J connectivity index is 2.07. The average molecular weight is 337 g/mol. The van der Waals surface area contributed by atoms with E-state index in [4.69, 9.17) is 5.73 Å². The third-order valence-electron chi connectivity index (χ3n) is 6.48. The summed E-state index contributed by atoms with van der Waals surface area (Å²) in [6.45, 7) is 11.0. The third kappa shape index (κ3) is 1.98. The number of benzene rings is 2. The number of phenolic OH excluding ortho intramolecular Hbond substituents is 2. The van der Waals surface area contributed by atoms with Crippen molar-refractivity contribution in [3.8, 4) is 11.5 Å². The van der Waals surface area contributed by atoms with Crippen molar-refractivity contribution in [3.05, 3.63) is 52.1 Å². The van der Waals surface area contributed by atoms with E-state index in [0.29, 0.717) is 11.4 Å². The van der Waals surface area contributed by atoms with Crippen LogP contribution in [0.2, 0.25) is 0 Å². The van der Waals surface area contributed by atoms with Gasteiger partial charge in [0, 0.05) is 5.41 Å². The summed E-state index contributed by atoms with van der Waals surface area (Å²) < 4.78 is 0. The lowest BCUT2D eigenvalue weighted by Crippen LogP contribution is -2.26. The van der Waals surface area contributed by atoms with Gasteiger partial charge in [-0.25, -0.2) is 0 Å². The van der Waals surface area contributed by atoms with Crippen LogP contribution in [0.3, 0.4) is 0 Å². The molecule has 4 rings (SSSR count). The van der Waals surface area contributed by atoms with Gasteiger partial charge >= 0.3 is 0 Å². The monoisotopic (exact) mass is 337 g/mol. The number of nitrogen functional groups attached to an aromatic ring is 1. The van der Waals surface area contributed by atoms with Crippen molar-refractivity contribution in [1.82, 2.24) is 0 Å². The van der Waals surface area contributed by atoms with Gasteiger partial charge < -0.3 is 15.9 Å². The van der Waals surface area contributed by atoms with E-state index in [2.05, 4.69) is 33.8 Å². The molecule has 1 atom stereocenters. The highest BCUT2D eigenvalue weighted by Crippen LogP contribution is 2.64. The SMILES string of the molecule is Cc1cc2c(cc1O)C1(CC2(C)C)CC(C)(C)c2cc(N)c(O)cc21. The molecule has 2 aromatic rings. The molecular formula is C22H27NO2. The van der Waals surface area contributed by atoms with E-state index < -0.39 is 0 Å². The third-order valence-corrected chi connectivity index (χ3v) is 6.48. The molecule has 0 aromatic heterocycles. The molecule has 2 aromatic carbocycles. The Bertz CT molecular complexity index is 833. The fraction of sp³-hybridized carbons (Fsp3) is 0.455. The van der Waals surface area contributed by atoms with Gasteiger partial charge in [-0.05, 0) is 76.6 Å². The molecule has 0 fully saturated rings. The number of aromatic hydroxyl groups is 2. The Morgan fingerprint density at radius 1 is 0.760 bits per heavy atom. The summed E-state index contributed by atoms with van der Waals surface area (Å²) in [4.78, 5) is 0. The van der Waals surface area contributed by atoms with Crippen LogP contribution in [-0.2, 0) is 16.2 Å². The number of fused-ring (bicyclic) bond motifs is 4. The lowest BCUT2D eigenvalue weighted by molar-refractivity contribution is 0.348. The maximum atomic E-state index is 10.4. The van der Waals surface area contributed by atoms with Crippen LogP contribution >= 0.6 is 0 Å². The molecule has 0 amide bonds. The molecular weight excluding hydrogens is 310 g/mol. The standard InChI is InChI=1S/C22H27NO2/c1-12-6-13-15(8-18(12)24)22(10-20(13,2)3)11-21(4,5)14-7-17(23)19(25)9-16(14)22/h6-9,24-25H,10-11,23H2,1-5H3. The first-order valence-corrected chi connectivity index (χ1v) is 8.96. The highest BCUT2D eigenvalue weighted by atomic mass is 16.3. The van der Waals surface area contributed by atoms with Gasteiger partial charge in [0.2, 0.25) is 0 Å². The summed E-state index contributed by atoms with van der Waals surface area (Å²) in [5, 5.41) is 20.7. The fourth-order valence-corrected chi connectivity index (χ4v) is 5.50. The minimum absolute atomic E-state index is 0.0164. The average Bonchev–Trinajstić information content (AvgIpc) is 2.82. The number of rotatable bonds is 0. The number of nitrogens with two attached hydrogens (primary N) is 1. The molecule has 1 spiro atoms. The Labute approximate surface area is 149 Å². The van der Waals surface area contributed by atoms with Gasteiger partial charge in [-0.2, -0.15) is 0 Å². The van der Waals surface area contributed by atoms with Crippen LogP contribution in [0.1, 0.15) is 68.4 Å². The van der Waals surface area contributed by atoms with Crippen LogP contribution in [0.25, 0.3) is 0 Å². The first-order chi connectivity index (χ1) is 11.5. The molecule has 0 radical (unpaired) electrons. The van der Waals surface area contributed by atoms with E-state index in [-0.39, 0.29) is 22.0 Å². The zero-order valence-corrected chi connectivity index (χ0v) is 15.7. The Morgan fingerprint density at radius 2 is 1.24 bits per heavy atom. The fourth-order valence-electron chi connectivity index (χ4n) is 5.50. The van der Waals surface area contributed by atoms with Crippen LogP contribution in [0.15, 0.2) is 24.3 Å². The molecule has 0 heterocycles. The zero-order valence-electron chi connectivity index (χ0n) is 15.7. The predicted octanol–water partition coefficient (Wildman–Crippen LogP) is 4.64. The maximum absolute atomic E-state index is 10.4. The van der Waals surface area contributed by atoms with Gasteiger partial charge in [-0.1, -0.05) is 33.8 Å². The van der Waals surface area contributed by atoms with Crippen LogP contribution in [-0.4, -0.2) is 10.2 Å². The quantitative estimate of drug-likeness (QED) is 0.485. The number of hydrogen-bond donors (Lipinski definition) is 3. The summed E-state index contributed by atoms with van der Waals surface area (Å²) >= 11 is 0. The number of hydrogen-bond acceptors (Lipinski definition) is 3. The Hall–Kier alpha value is -2.16. The summed E-state index contributed by atoms with van der Waals surface area (Å²) in [6.07, 6.45) is 1.93. The second-order valence-corrected chi connectivity index (χ2v) is 9.34. The Kier molecular flexibility index (Phi) is 2.95. The molecule has 3 heteroatoms. The molecule has 0 saturated heterocycles. The summed E-state index contributed by atoms with van der Waals surface area (Å²) in [5.74, 6) is 0.500. The lowest BCUT2D eigenvalue weighted by atomic mass is 9.72. The summed E-state index contributed by atoms with van der Waals surface area (Å²) in [6, 6.07) is 7.90. The number of anilines is 1. The highest BCUT2D eigenvalue weighted by Gasteiger charge is 2.56. The topological polar surface area (TPSA) is 66.5 Å². The molecule has 4 N–H and O–H groups in total. The van der Waals surface area contributed by atoms with Crippen LogP contribution in [0, 0.1) is 6.92 Å². The zero-order chi connectivity index (χ0) is 18.4. The molecule has 0 aliphatic heterocycles. The predicted molar refractivity (Wildman–Crippen MR) is 101 cm³/mol. The minimum Gasteiger partial charge on any atom is -0.508 e. The van der Waals surface area contributed by atoms with Gasteiger partial charge in [-0.15, -0.1) is 0 Å². The summed E-state index contributed by atoms with van der Waals surface area (Å²) in [7, 11) is 0. The Morgan fingerprint density at radius 3 is 1.80 bits per heavy atom. The van der Waals surface area contributed by atoms with Crippen molar-refractivity contribution in [2.75, 3.05) is 5.73 Å². The lowest BCUT2D eigenvalue weighted by Gasteiger charge is -2.30. The van der Waals surface area contributed by atoms with E-state index in [1.165, 1.54) is 22.3 Å². The van der Waals surface area contributed by atoms with Crippen LogP contribution in [0.4, 0.5) is 5.69 Å². The van der Waals surface area contributed by atoms with Gasteiger partial charge in [0.05, 0.1) is 5.69 Å². The number of phenols is 2. The van der Waals surface area contributed by atoms with Crippen molar-refractivity contribution in [1.29, 1.82) is 0 Å². The maximum Gasteiger partial charge on any atom is 0.138 e. The molecule has 3 nitrogen and oxygen atoms in total. The molecule has 0 bridgehead atoms. The van der Waals surface area contributed by atoms with Gasteiger partial charge in [0.15, 0.2) is 0 Å². The second kappa shape index (κ2) is 4.51.